The molecule has 0 spiro atoms. The lowest BCUT2D eigenvalue weighted by Gasteiger charge is -2.08. The Morgan fingerprint density at radius 1 is 1.03 bits per heavy atom. The minimum Gasteiger partial charge on any atom is -0.316 e. The number of rotatable bonds is 5. The van der Waals surface area contributed by atoms with Crippen LogP contribution in [-0.4, -0.2) is 30.7 Å². The van der Waals surface area contributed by atoms with Gasteiger partial charge >= 0.3 is 0 Å². The van der Waals surface area contributed by atoms with Gasteiger partial charge in [-0.25, -0.2) is 13.4 Å². The number of benzene rings is 2. The van der Waals surface area contributed by atoms with Crippen molar-refractivity contribution in [2.75, 3.05) is 7.05 Å². The molecule has 0 radical (unpaired) electrons. The normalized spacial score (nSPS) is 11.2. The van der Waals surface area contributed by atoms with Gasteiger partial charge < -0.3 is 5.32 Å². The zero-order valence-electron chi connectivity index (χ0n) is 16.7. The quantitative estimate of drug-likeness (QED) is 0.659. The third-order valence-electron chi connectivity index (χ3n) is 4.38. The van der Waals surface area contributed by atoms with Gasteiger partial charge in [-0.05, 0) is 56.6 Å². The first-order chi connectivity index (χ1) is 13.9. The van der Waals surface area contributed by atoms with Crippen LogP contribution in [0.2, 0.25) is 0 Å². The first kappa shape index (κ1) is 20.7. The maximum atomic E-state index is 12.3. The lowest BCUT2D eigenvalue weighted by Crippen LogP contribution is -2.13. The van der Waals surface area contributed by atoms with Crippen molar-refractivity contribution in [3.63, 3.8) is 0 Å². The second-order valence-corrected chi connectivity index (χ2v) is 9.39. The average molecular weight is 406 g/mol. The summed E-state index contributed by atoms with van der Waals surface area (Å²) in [6, 6.07) is 14.7. The molecule has 0 saturated heterocycles. The van der Waals surface area contributed by atoms with Crippen LogP contribution in [0.25, 0.3) is 11.3 Å². The zero-order chi connectivity index (χ0) is 20.9. The summed E-state index contributed by atoms with van der Waals surface area (Å²) >= 11 is 0. The SMILES string of the molecule is CNCc1cccc(C#Cc2cncc(-c3ccc(S(=O)(=O)C(C)C)cc3)n2)c1. The smallest absolute Gasteiger partial charge is 0.180 e. The van der Waals surface area contributed by atoms with Crippen LogP contribution in [0.5, 0.6) is 0 Å². The van der Waals surface area contributed by atoms with E-state index >= 15 is 0 Å². The van der Waals surface area contributed by atoms with Gasteiger partial charge in [0.25, 0.3) is 0 Å². The van der Waals surface area contributed by atoms with Crippen molar-refractivity contribution in [1.82, 2.24) is 15.3 Å². The Morgan fingerprint density at radius 2 is 1.79 bits per heavy atom. The standard InChI is InChI=1S/C23H23N3O2S/c1-17(2)29(27,28)22-11-8-20(9-12-22)23-16-25-15-21(26-23)10-7-18-5-4-6-19(13-18)14-24-3/h4-6,8-9,11-13,15-17,24H,14H2,1-3H3. The maximum absolute atomic E-state index is 12.3. The molecule has 29 heavy (non-hydrogen) atoms. The molecule has 0 bridgehead atoms. The van der Waals surface area contributed by atoms with E-state index in [1.165, 1.54) is 0 Å². The van der Waals surface area contributed by atoms with Crippen LogP contribution in [0.3, 0.4) is 0 Å². The van der Waals surface area contributed by atoms with Crippen molar-refractivity contribution in [3.05, 3.63) is 77.7 Å². The number of hydrogen-bond donors (Lipinski definition) is 1. The molecule has 5 nitrogen and oxygen atoms in total. The maximum Gasteiger partial charge on any atom is 0.180 e. The van der Waals surface area contributed by atoms with Crippen LogP contribution in [0, 0.1) is 11.8 Å². The van der Waals surface area contributed by atoms with Crippen LogP contribution in [0.1, 0.15) is 30.7 Å². The van der Waals surface area contributed by atoms with E-state index in [0.29, 0.717) is 16.3 Å². The molecule has 0 saturated carbocycles. The third-order valence-corrected chi connectivity index (χ3v) is 6.55. The van der Waals surface area contributed by atoms with Crippen LogP contribution in [0.15, 0.2) is 65.8 Å². The van der Waals surface area contributed by atoms with E-state index in [1.807, 2.05) is 31.3 Å². The fraction of sp³-hybridized carbons (Fsp3) is 0.217. The molecule has 148 valence electrons. The summed E-state index contributed by atoms with van der Waals surface area (Å²) in [4.78, 5) is 9.08. The third kappa shape index (κ3) is 5.08. The summed E-state index contributed by atoms with van der Waals surface area (Å²) in [6.07, 6.45) is 3.26. The van der Waals surface area contributed by atoms with Gasteiger partial charge in [0.05, 0.1) is 28.2 Å². The zero-order valence-corrected chi connectivity index (χ0v) is 17.5. The van der Waals surface area contributed by atoms with Gasteiger partial charge in [0.2, 0.25) is 0 Å². The lowest BCUT2D eigenvalue weighted by atomic mass is 10.1. The molecule has 0 aliphatic heterocycles. The van der Waals surface area contributed by atoms with Crippen molar-refractivity contribution in [2.24, 2.45) is 0 Å². The molecule has 0 amide bonds. The fourth-order valence-electron chi connectivity index (χ4n) is 2.75. The highest BCUT2D eigenvalue weighted by atomic mass is 32.2. The largest absolute Gasteiger partial charge is 0.316 e. The first-order valence-electron chi connectivity index (χ1n) is 9.32. The van der Waals surface area contributed by atoms with Gasteiger partial charge in [0.1, 0.15) is 5.69 Å². The van der Waals surface area contributed by atoms with Gasteiger partial charge in [-0.3, -0.25) is 4.98 Å². The van der Waals surface area contributed by atoms with Gasteiger partial charge in [0, 0.05) is 17.7 Å². The van der Waals surface area contributed by atoms with Crippen molar-refractivity contribution >= 4 is 9.84 Å². The molecule has 0 unspecified atom stereocenters. The molecule has 0 atom stereocenters. The van der Waals surface area contributed by atoms with Gasteiger partial charge in [-0.1, -0.05) is 30.2 Å². The summed E-state index contributed by atoms with van der Waals surface area (Å²) in [7, 11) is -1.39. The Bertz CT molecular complexity index is 1160. The molecule has 0 aliphatic carbocycles. The fourth-order valence-corrected chi connectivity index (χ4v) is 3.81. The summed E-state index contributed by atoms with van der Waals surface area (Å²) in [5.74, 6) is 6.17. The number of sulfone groups is 1. The van der Waals surface area contributed by atoms with Crippen LogP contribution < -0.4 is 5.32 Å². The molecule has 0 aliphatic rings. The molecule has 1 N–H and O–H groups in total. The Balaban J connectivity index is 1.85. The first-order valence-corrected chi connectivity index (χ1v) is 10.9. The summed E-state index contributed by atoms with van der Waals surface area (Å²) in [5, 5.41) is 2.66. The Kier molecular flexibility index (Phi) is 6.42. The van der Waals surface area contributed by atoms with E-state index < -0.39 is 15.1 Å². The van der Waals surface area contributed by atoms with Crippen molar-refractivity contribution in [3.8, 4) is 23.1 Å². The molecule has 6 heteroatoms. The Hall–Kier alpha value is -3.01. The van der Waals surface area contributed by atoms with Crippen molar-refractivity contribution in [1.29, 1.82) is 0 Å². The average Bonchev–Trinajstić information content (AvgIpc) is 2.73. The molecule has 3 rings (SSSR count). The monoisotopic (exact) mass is 405 g/mol. The van der Waals surface area contributed by atoms with Crippen molar-refractivity contribution < 1.29 is 8.42 Å². The molecule has 1 heterocycles. The molecular weight excluding hydrogens is 382 g/mol. The highest BCUT2D eigenvalue weighted by Crippen LogP contribution is 2.21. The number of nitrogens with one attached hydrogen (secondary N) is 1. The molecule has 3 aromatic rings. The molecule has 2 aromatic carbocycles. The van der Waals surface area contributed by atoms with E-state index in [0.717, 1.165) is 23.2 Å². The number of nitrogens with zero attached hydrogens (tertiary/aromatic N) is 2. The molecular formula is C23H23N3O2S. The van der Waals surface area contributed by atoms with E-state index in [-0.39, 0.29) is 0 Å². The predicted octanol–water partition coefficient (Wildman–Crippen LogP) is 3.44. The Morgan fingerprint density at radius 3 is 2.48 bits per heavy atom. The van der Waals surface area contributed by atoms with E-state index in [1.54, 1.807) is 50.5 Å². The van der Waals surface area contributed by atoms with Crippen LogP contribution in [0.4, 0.5) is 0 Å². The number of hydrogen-bond acceptors (Lipinski definition) is 5. The van der Waals surface area contributed by atoms with Crippen molar-refractivity contribution in [2.45, 2.75) is 30.5 Å². The minimum atomic E-state index is -3.29. The van der Waals surface area contributed by atoms with Gasteiger partial charge in [0.15, 0.2) is 9.84 Å². The topological polar surface area (TPSA) is 72.0 Å². The van der Waals surface area contributed by atoms with Crippen LogP contribution >= 0.6 is 0 Å². The molecule has 0 fully saturated rings. The summed E-state index contributed by atoms with van der Waals surface area (Å²) < 4.78 is 24.5. The van der Waals surface area contributed by atoms with Gasteiger partial charge in [-0.2, -0.15) is 0 Å². The van der Waals surface area contributed by atoms with E-state index in [9.17, 15) is 8.42 Å². The number of aromatic nitrogens is 2. The second-order valence-electron chi connectivity index (χ2n) is 6.89. The summed E-state index contributed by atoms with van der Waals surface area (Å²) in [5.41, 5.74) is 4.07. The van der Waals surface area contributed by atoms with E-state index in [4.69, 9.17) is 0 Å². The second kappa shape index (κ2) is 8.99. The predicted molar refractivity (Wildman–Crippen MR) is 115 cm³/mol. The summed E-state index contributed by atoms with van der Waals surface area (Å²) in [6.45, 7) is 4.13. The van der Waals surface area contributed by atoms with Crippen LogP contribution in [-0.2, 0) is 16.4 Å². The van der Waals surface area contributed by atoms with E-state index in [2.05, 4.69) is 27.1 Å². The molecule has 1 aromatic heterocycles. The highest BCUT2D eigenvalue weighted by molar-refractivity contribution is 7.92. The lowest BCUT2D eigenvalue weighted by molar-refractivity contribution is 0.587. The Labute approximate surface area is 172 Å². The minimum absolute atomic E-state index is 0.307. The highest BCUT2D eigenvalue weighted by Gasteiger charge is 2.18. The van der Waals surface area contributed by atoms with Gasteiger partial charge in [-0.15, -0.1) is 0 Å².